The predicted octanol–water partition coefficient (Wildman–Crippen LogP) is 4.73. The van der Waals surface area contributed by atoms with Crippen LogP contribution in [0.4, 0.5) is 11.5 Å². The molecule has 0 aliphatic carbocycles. The molecule has 1 N–H and O–H groups in total. The molecule has 6 heteroatoms. The summed E-state index contributed by atoms with van der Waals surface area (Å²) < 4.78 is 0. The van der Waals surface area contributed by atoms with Crippen LogP contribution in [0.3, 0.4) is 0 Å². The van der Waals surface area contributed by atoms with Gasteiger partial charge in [0, 0.05) is 23.7 Å². The number of hydrogen-bond donors (Lipinski definition) is 1. The van der Waals surface area contributed by atoms with Crippen molar-refractivity contribution in [3.05, 3.63) is 46.6 Å². The van der Waals surface area contributed by atoms with Crippen molar-refractivity contribution in [1.29, 1.82) is 0 Å². The van der Waals surface area contributed by atoms with Crippen LogP contribution in [0.5, 0.6) is 0 Å². The molecular weight excluding hydrogens is 368 g/mol. The number of hydrogen-bond acceptors (Lipinski definition) is 5. The van der Waals surface area contributed by atoms with Gasteiger partial charge < -0.3 is 10.2 Å². The van der Waals surface area contributed by atoms with E-state index in [4.69, 9.17) is 0 Å². The van der Waals surface area contributed by atoms with Crippen LogP contribution in [-0.2, 0) is 11.2 Å². The van der Waals surface area contributed by atoms with Crippen molar-refractivity contribution in [2.24, 2.45) is 5.92 Å². The summed E-state index contributed by atoms with van der Waals surface area (Å²) in [5.74, 6) is 1.02. The number of nitrogens with one attached hydrogen (secondary N) is 1. The molecule has 1 aliphatic heterocycles. The molecule has 1 aromatic carbocycles. The summed E-state index contributed by atoms with van der Waals surface area (Å²) in [7, 11) is 0. The van der Waals surface area contributed by atoms with E-state index < -0.39 is 0 Å². The molecule has 146 valence electrons. The van der Waals surface area contributed by atoms with Gasteiger partial charge in [-0.1, -0.05) is 24.6 Å². The quantitative estimate of drug-likeness (QED) is 0.695. The summed E-state index contributed by atoms with van der Waals surface area (Å²) in [6.45, 7) is 7.88. The predicted molar refractivity (Wildman–Crippen MR) is 116 cm³/mol. The molecule has 0 bridgehead atoms. The molecule has 28 heavy (non-hydrogen) atoms. The Morgan fingerprint density at radius 3 is 2.93 bits per heavy atom. The van der Waals surface area contributed by atoms with E-state index in [9.17, 15) is 4.79 Å². The average molecular weight is 395 g/mol. The van der Waals surface area contributed by atoms with Crippen molar-refractivity contribution >= 4 is 39.0 Å². The Morgan fingerprint density at radius 2 is 2.14 bits per heavy atom. The number of carbonyl (C=O) groups is 1. The second-order valence-corrected chi connectivity index (χ2v) is 8.69. The Kier molecular flexibility index (Phi) is 5.31. The summed E-state index contributed by atoms with van der Waals surface area (Å²) >= 11 is 1.73. The number of rotatable bonds is 4. The highest BCUT2D eigenvalue weighted by Gasteiger charge is 2.28. The van der Waals surface area contributed by atoms with Crippen molar-refractivity contribution in [2.45, 2.75) is 40.0 Å². The van der Waals surface area contributed by atoms with Crippen LogP contribution >= 0.6 is 11.3 Å². The molecule has 1 amide bonds. The van der Waals surface area contributed by atoms with Gasteiger partial charge >= 0.3 is 0 Å². The van der Waals surface area contributed by atoms with Gasteiger partial charge in [-0.3, -0.25) is 4.79 Å². The zero-order chi connectivity index (χ0) is 19.7. The number of fused-ring (bicyclic) bond motifs is 1. The van der Waals surface area contributed by atoms with Crippen LogP contribution in [-0.4, -0.2) is 29.0 Å². The van der Waals surface area contributed by atoms with E-state index in [2.05, 4.69) is 46.2 Å². The fourth-order valence-corrected chi connectivity index (χ4v) is 4.82. The Bertz CT molecular complexity index is 1010. The molecule has 1 aliphatic rings. The van der Waals surface area contributed by atoms with Gasteiger partial charge in [0.2, 0.25) is 5.91 Å². The Balaban J connectivity index is 1.53. The third kappa shape index (κ3) is 3.74. The number of aromatic nitrogens is 2. The summed E-state index contributed by atoms with van der Waals surface area (Å²) in [4.78, 5) is 26.5. The smallest absolute Gasteiger partial charge is 0.229 e. The Morgan fingerprint density at radius 1 is 1.29 bits per heavy atom. The second kappa shape index (κ2) is 7.87. The summed E-state index contributed by atoms with van der Waals surface area (Å²) in [5.41, 5.74) is 3.21. The lowest BCUT2D eigenvalue weighted by Crippen LogP contribution is -2.41. The third-order valence-electron chi connectivity index (χ3n) is 5.44. The maximum atomic E-state index is 12.9. The van der Waals surface area contributed by atoms with Gasteiger partial charge in [-0.25, -0.2) is 9.97 Å². The van der Waals surface area contributed by atoms with Crippen LogP contribution in [0.1, 0.15) is 35.8 Å². The molecule has 0 radical (unpaired) electrons. The number of thiophene rings is 1. The number of carbonyl (C=O) groups excluding carboxylic acids is 1. The summed E-state index contributed by atoms with van der Waals surface area (Å²) in [5, 5.41) is 4.24. The first-order valence-corrected chi connectivity index (χ1v) is 10.7. The van der Waals surface area contributed by atoms with Gasteiger partial charge in [0.15, 0.2) is 0 Å². The maximum Gasteiger partial charge on any atom is 0.229 e. The van der Waals surface area contributed by atoms with E-state index in [1.165, 1.54) is 10.4 Å². The zero-order valence-corrected chi connectivity index (χ0v) is 17.5. The minimum absolute atomic E-state index is 0.0382. The van der Waals surface area contributed by atoms with Crippen molar-refractivity contribution in [1.82, 2.24) is 9.97 Å². The lowest BCUT2D eigenvalue weighted by molar-refractivity contribution is -0.120. The monoisotopic (exact) mass is 394 g/mol. The van der Waals surface area contributed by atoms with E-state index in [0.29, 0.717) is 6.54 Å². The molecule has 2 aromatic heterocycles. The molecule has 0 saturated carbocycles. The number of benzene rings is 1. The first-order valence-electron chi connectivity index (χ1n) is 9.91. The second-order valence-electron chi connectivity index (χ2n) is 7.58. The number of anilines is 2. The highest BCUT2D eigenvalue weighted by atomic mass is 32.1. The third-order valence-corrected chi connectivity index (χ3v) is 6.63. The zero-order valence-electron chi connectivity index (χ0n) is 16.7. The SMILES string of the molecule is CCc1cc2c(N3CCC[C@@H](C(=O)Nc4ccc(C)cc4C)C3)ncnc2s1. The topological polar surface area (TPSA) is 58.1 Å². The van der Waals surface area contributed by atoms with Crippen molar-refractivity contribution in [3.8, 4) is 0 Å². The summed E-state index contributed by atoms with van der Waals surface area (Å²) in [6.07, 6.45) is 4.54. The molecule has 3 aromatic rings. The minimum Gasteiger partial charge on any atom is -0.355 e. The normalized spacial score (nSPS) is 17.1. The molecule has 3 heterocycles. The molecule has 4 rings (SSSR count). The fourth-order valence-electron chi connectivity index (χ4n) is 3.89. The van der Waals surface area contributed by atoms with Gasteiger partial charge in [-0.05, 0) is 50.8 Å². The van der Waals surface area contributed by atoms with Crippen molar-refractivity contribution in [2.75, 3.05) is 23.3 Å². The Labute approximate surface area is 169 Å². The minimum atomic E-state index is -0.0382. The largest absolute Gasteiger partial charge is 0.355 e. The molecule has 0 spiro atoms. The van der Waals surface area contributed by atoms with Gasteiger partial charge in [-0.2, -0.15) is 0 Å². The van der Waals surface area contributed by atoms with E-state index in [1.807, 2.05) is 19.1 Å². The van der Waals surface area contributed by atoms with Crippen LogP contribution < -0.4 is 10.2 Å². The van der Waals surface area contributed by atoms with E-state index in [0.717, 1.165) is 53.1 Å². The maximum absolute atomic E-state index is 12.9. The molecule has 1 fully saturated rings. The van der Waals surface area contributed by atoms with Crippen molar-refractivity contribution in [3.63, 3.8) is 0 Å². The first-order chi connectivity index (χ1) is 13.5. The van der Waals surface area contributed by atoms with Crippen LogP contribution in [0.15, 0.2) is 30.6 Å². The van der Waals surface area contributed by atoms with Gasteiger partial charge in [0.05, 0.1) is 11.3 Å². The van der Waals surface area contributed by atoms with Crippen LogP contribution in [0.25, 0.3) is 10.2 Å². The number of aryl methyl sites for hydroxylation is 3. The van der Waals surface area contributed by atoms with Crippen LogP contribution in [0, 0.1) is 19.8 Å². The lowest BCUT2D eigenvalue weighted by Gasteiger charge is -2.33. The average Bonchev–Trinajstić information content (AvgIpc) is 3.13. The fraction of sp³-hybridized carbons (Fsp3) is 0.409. The number of nitrogens with zero attached hydrogens (tertiary/aromatic N) is 3. The van der Waals surface area contributed by atoms with E-state index >= 15 is 0 Å². The Hall–Kier alpha value is -2.47. The number of amides is 1. The summed E-state index contributed by atoms with van der Waals surface area (Å²) in [6, 6.07) is 8.33. The molecule has 5 nitrogen and oxygen atoms in total. The standard InChI is InChI=1S/C22H26N4OS/c1-4-17-11-18-20(23-13-24-22(18)28-17)26-9-5-6-16(12-26)21(27)25-19-8-7-14(2)10-15(19)3/h7-8,10-11,13,16H,4-6,9,12H2,1-3H3,(H,25,27)/t16-/m1/s1. The van der Waals surface area contributed by atoms with Gasteiger partial charge in [0.1, 0.15) is 17.0 Å². The molecule has 1 saturated heterocycles. The first kappa shape index (κ1) is 18.9. The highest BCUT2D eigenvalue weighted by Crippen LogP contribution is 2.33. The number of piperidine rings is 1. The van der Waals surface area contributed by atoms with Crippen LogP contribution in [0.2, 0.25) is 0 Å². The van der Waals surface area contributed by atoms with Gasteiger partial charge in [0.25, 0.3) is 0 Å². The molecule has 0 unspecified atom stereocenters. The van der Waals surface area contributed by atoms with E-state index in [-0.39, 0.29) is 11.8 Å². The van der Waals surface area contributed by atoms with E-state index in [1.54, 1.807) is 17.7 Å². The van der Waals surface area contributed by atoms with Crippen molar-refractivity contribution < 1.29 is 4.79 Å². The molecular formula is C22H26N4OS. The highest BCUT2D eigenvalue weighted by molar-refractivity contribution is 7.18. The van der Waals surface area contributed by atoms with Gasteiger partial charge in [-0.15, -0.1) is 11.3 Å². The molecule has 1 atom stereocenters. The lowest BCUT2D eigenvalue weighted by atomic mass is 9.96.